The Morgan fingerprint density at radius 2 is 1.00 bits per heavy atom. The van der Waals surface area contributed by atoms with Crippen molar-refractivity contribution < 1.29 is 53.6 Å². The molecular weight excluding hydrogens is 240 g/mol. The second kappa shape index (κ2) is 28.8. The smallest absolute Gasteiger partial charge is 0 e. The van der Waals surface area contributed by atoms with E-state index in [1.807, 2.05) is 0 Å². The normalized spacial score (nSPS) is 0. The zero-order chi connectivity index (χ0) is 0. The third kappa shape index (κ3) is 19.8. The maximum Gasteiger partial charge on any atom is 0 e. The van der Waals surface area contributed by atoms with Gasteiger partial charge in [0.25, 0.3) is 0 Å². The summed E-state index contributed by atoms with van der Waals surface area (Å²) < 4.78 is 0. The fourth-order valence-electron chi connectivity index (χ4n) is 0. The molecule has 0 aromatic rings. The summed E-state index contributed by atoms with van der Waals surface area (Å²) in [6.45, 7) is 0. The van der Waals surface area contributed by atoms with Gasteiger partial charge in [-0.25, -0.2) is 0 Å². The zero-order valence-electron chi connectivity index (χ0n) is 2.78. The Labute approximate surface area is 85.5 Å². The second-order valence-corrected chi connectivity index (χ2v) is 0. The van der Waals surface area contributed by atoms with Crippen LogP contribution in [0.4, 0.5) is 0 Å². The van der Waals surface area contributed by atoms with Gasteiger partial charge in [0, 0.05) is 76.7 Å². The molecule has 0 aliphatic carbocycles. The first-order chi connectivity index (χ1) is 0. The molecule has 31 valence electrons. The van der Waals surface area contributed by atoms with E-state index >= 15 is 0 Å². The molecule has 0 fully saturated rings. The minimum absolute atomic E-state index is 0. The fraction of sp³-hybridized carbons (Fsp3) is 0. The first-order valence-corrected chi connectivity index (χ1v) is 0. The summed E-state index contributed by atoms with van der Waals surface area (Å²) in [7, 11) is 0. The summed E-state index contributed by atoms with van der Waals surface area (Å²) >= 11 is 0. The van der Waals surface area contributed by atoms with Crippen LogP contribution in [-0.2, 0) is 53.6 Å². The Kier molecular flexibility index (Phi) is 261. The molecule has 0 N–H and O–H groups in total. The third-order valence-corrected chi connectivity index (χ3v) is 0. The van der Waals surface area contributed by atoms with Crippen LogP contribution in [0.1, 0.15) is 0 Å². The summed E-state index contributed by atoms with van der Waals surface area (Å²) in [6.07, 6.45) is 0. The van der Waals surface area contributed by atoms with Gasteiger partial charge in [-0.3, -0.25) is 0 Å². The number of hydrogen-bond acceptors (Lipinski definition) is 0. The Bertz CT molecular complexity index is 11.6. The molecule has 5 heavy (non-hydrogen) atoms. The van der Waals surface area contributed by atoms with E-state index in [1.54, 1.807) is 0 Å². The molecule has 0 amide bonds. The molecule has 0 heterocycles. The fourth-order valence-corrected chi connectivity index (χ4v) is 0. The molecule has 3 radical (unpaired) electrons. The molecule has 0 spiro atoms. The molecule has 1 unspecified atom stereocenters. The maximum absolute atomic E-state index is 0. The number of rotatable bonds is 0. The first kappa shape index (κ1) is 45.2. The van der Waals surface area contributed by atoms with E-state index < -0.39 is 0 Å². The van der Waals surface area contributed by atoms with Gasteiger partial charge < -0.3 is 0 Å². The molecule has 0 aliphatic heterocycles. The minimum Gasteiger partial charge on any atom is -0.153 e. The molecule has 5 heteroatoms. The van der Waals surface area contributed by atoms with Crippen molar-refractivity contribution in [3.63, 3.8) is 0 Å². The van der Waals surface area contributed by atoms with E-state index in [0.29, 0.717) is 0 Å². The van der Waals surface area contributed by atoms with Crippen molar-refractivity contribution in [2.24, 2.45) is 0 Å². The van der Waals surface area contributed by atoms with Gasteiger partial charge in [0.2, 0.25) is 0 Å². The van der Waals surface area contributed by atoms with Crippen LogP contribution >= 0.6 is 9.90 Å². The van der Waals surface area contributed by atoms with Crippen LogP contribution < -0.4 is 0 Å². The molecule has 0 nitrogen and oxygen atoms in total. The Hall–Kier alpha value is 2.86. The monoisotopic (exact) mass is 241 g/mol. The predicted molar refractivity (Wildman–Crippen MR) is 16.9 cm³/mol. The molecule has 0 bridgehead atoms. The topological polar surface area (TPSA) is 0 Å². The Balaban J connectivity index is 0. The zero-order valence-corrected chi connectivity index (χ0v) is 10.6. The first-order valence-electron chi connectivity index (χ1n) is 0. The van der Waals surface area contributed by atoms with Crippen LogP contribution in [0.15, 0.2) is 0 Å². The molecule has 1 atom stereocenters. The van der Waals surface area contributed by atoms with Gasteiger partial charge in [-0.1, -0.05) is 0 Å². The SMILES string of the molecule is P.[Cu].[Fe].[Mg].[Zn]. The summed E-state index contributed by atoms with van der Waals surface area (Å²) in [4.78, 5) is 0. The average molecular weight is 243 g/mol. The molecule has 0 saturated heterocycles. The van der Waals surface area contributed by atoms with Crippen molar-refractivity contribution in [3.8, 4) is 0 Å². The van der Waals surface area contributed by atoms with Crippen LogP contribution in [0.3, 0.4) is 0 Å². The van der Waals surface area contributed by atoms with Gasteiger partial charge in [0.15, 0.2) is 0 Å². The molecule has 0 aromatic carbocycles. The van der Waals surface area contributed by atoms with Crippen molar-refractivity contribution in [3.05, 3.63) is 0 Å². The standard InChI is InChI=1S/Cu.Fe.Mg.H3P.Zn/h;;;1H3;. The third-order valence-electron chi connectivity index (χ3n) is 0. The average Bonchev–Trinajstić information content (AvgIpc) is 0. The van der Waals surface area contributed by atoms with Crippen molar-refractivity contribution >= 4 is 33.0 Å². The summed E-state index contributed by atoms with van der Waals surface area (Å²) in [5.74, 6) is 0. The van der Waals surface area contributed by atoms with Gasteiger partial charge in [0.1, 0.15) is 0 Å². The van der Waals surface area contributed by atoms with Crippen molar-refractivity contribution in [2.75, 3.05) is 0 Å². The Morgan fingerprint density at radius 1 is 1.00 bits per heavy atom. The van der Waals surface area contributed by atoms with Crippen LogP contribution in [0, 0.1) is 0 Å². The molecule has 0 aliphatic rings. The van der Waals surface area contributed by atoms with E-state index in [0.717, 1.165) is 0 Å². The van der Waals surface area contributed by atoms with E-state index in [9.17, 15) is 0 Å². The van der Waals surface area contributed by atoms with E-state index in [1.165, 1.54) is 0 Å². The molecule has 0 rings (SSSR count). The number of hydrogen-bond donors (Lipinski definition) is 0. The van der Waals surface area contributed by atoms with Gasteiger partial charge in [-0.15, -0.1) is 0 Å². The van der Waals surface area contributed by atoms with Crippen molar-refractivity contribution in [1.82, 2.24) is 0 Å². The Morgan fingerprint density at radius 3 is 1.00 bits per heavy atom. The summed E-state index contributed by atoms with van der Waals surface area (Å²) in [6, 6.07) is 0. The van der Waals surface area contributed by atoms with E-state index in [4.69, 9.17) is 0 Å². The van der Waals surface area contributed by atoms with Crippen LogP contribution in [-0.4, -0.2) is 23.1 Å². The summed E-state index contributed by atoms with van der Waals surface area (Å²) in [5, 5.41) is 0. The summed E-state index contributed by atoms with van der Waals surface area (Å²) in [5.41, 5.74) is 0. The van der Waals surface area contributed by atoms with Crippen molar-refractivity contribution in [2.45, 2.75) is 0 Å². The van der Waals surface area contributed by atoms with Crippen LogP contribution in [0.2, 0.25) is 0 Å². The predicted octanol–water partition coefficient (Wildman–Crippen LogP) is -0.330. The minimum atomic E-state index is 0. The van der Waals surface area contributed by atoms with Gasteiger partial charge in [-0.05, 0) is 0 Å². The van der Waals surface area contributed by atoms with Gasteiger partial charge in [0.05, 0.1) is 0 Å². The van der Waals surface area contributed by atoms with Crippen LogP contribution in [0.5, 0.6) is 0 Å². The van der Waals surface area contributed by atoms with E-state index in [2.05, 4.69) is 0 Å². The molecule has 0 aromatic heterocycles. The molecular formula is H3CuFeMgPZn. The second-order valence-electron chi connectivity index (χ2n) is 0. The maximum atomic E-state index is 0. The van der Waals surface area contributed by atoms with E-state index in [-0.39, 0.29) is 86.6 Å². The largest absolute Gasteiger partial charge is 0.153 e. The van der Waals surface area contributed by atoms with Gasteiger partial charge >= 0.3 is 0 Å². The quantitative estimate of drug-likeness (QED) is 0.403. The van der Waals surface area contributed by atoms with Crippen LogP contribution in [0.25, 0.3) is 0 Å². The molecule has 0 saturated carbocycles. The van der Waals surface area contributed by atoms with Crippen molar-refractivity contribution in [1.29, 1.82) is 0 Å². The van der Waals surface area contributed by atoms with Gasteiger partial charge in [-0.2, -0.15) is 9.90 Å².